The third kappa shape index (κ3) is 4.04. The zero-order chi connectivity index (χ0) is 14.5. The van der Waals surface area contributed by atoms with Gasteiger partial charge in [-0.25, -0.2) is 0 Å². The van der Waals surface area contributed by atoms with Crippen LogP contribution in [0.5, 0.6) is 0 Å². The van der Waals surface area contributed by atoms with E-state index in [1.165, 1.54) is 33.4 Å². The van der Waals surface area contributed by atoms with Gasteiger partial charge in [-0.2, -0.15) is 0 Å². The van der Waals surface area contributed by atoms with Gasteiger partial charge in [0.05, 0.1) is 6.61 Å². The van der Waals surface area contributed by atoms with E-state index in [0.29, 0.717) is 6.61 Å². The molecule has 4 heteroatoms. The van der Waals surface area contributed by atoms with Crippen molar-refractivity contribution in [2.75, 3.05) is 20.3 Å². The predicted octanol–water partition coefficient (Wildman–Crippen LogP) is 3.71. The highest BCUT2D eigenvalue weighted by Gasteiger charge is 2.21. The number of thiophene rings is 1. The third-order valence-corrected chi connectivity index (χ3v) is 5.01. The van der Waals surface area contributed by atoms with Gasteiger partial charge in [0.15, 0.2) is 0 Å². The van der Waals surface area contributed by atoms with Crippen molar-refractivity contribution in [3.8, 4) is 0 Å². The van der Waals surface area contributed by atoms with Gasteiger partial charge in [0, 0.05) is 48.1 Å². The molecule has 0 saturated heterocycles. The maximum atomic E-state index is 5.85. The number of hydrogen-bond acceptors (Lipinski definition) is 4. The quantitative estimate of drug-likeness (QED) is 0.717. The lowest BCUT2D eigenvalue weighted by Gasteiger charge is -2.07. The zero-order valence-corrected chi connectivity index (χ0v) is 13.4. The van der Waals surface area contributed by atoms with Crippen molar-refractivity contribution >= 4 is 21.4 Å². The first-order chi connectivity index (χ1) is 10.4. The summed E-state index contributed by atoms with van der Waals surface area (Å²) >= 11 is 1.89. The summed E-state index contributed by atoms with van der Waals surface area (Å²) in [5.74, 6) is 0. The number of ether oxygens (including phenoxy) is 2. The summed E-state index contributed by atoms with van der Waals surface area (Å²) in [5, 5.41) is 4.97. The Hall–Kier alpha value is -0.940. The lowest BCUT2D eigenvalue weighted by molar-refractivity contribution is 0.0932. The molecule has 1 aliphatic rings. The molecule has 1 aliphatic carbocycles. The highest BCUT2D eigenvalue weighted by Crippen LogP contribution is 2.32. The van der Waals surface area contributed by atoms with E-state index in [1.54, 1.807) is 7.11 Å². The fraction of sp³-hybridized carbons (Fsp3) is 0.529. The lowest BCUT2D eigenvalue weighted by Crippen LogP contribution is -2.15. The van der Waals surface area contributed by atoms with E-state index >= 15 is 0 Å². The Morgan fingerprint density at radius 1 is 1.24 bits per heavy atom. The zero-order valence-electron chi connectivity index (χ0n) is 12.6. The molecule has 0 atom stereocenters. The fourth-order valence-corrected chi connectivity index (χ4v) is 3.62. The van der Waals surface area contributed by atoms with Crippen LogP contribution in [0, 0.1) is 0 Å². The summed E-state index contributed by atoms with van der Waals surface area (Å²) in [6, 6.07) is 9.38. The molecule has 1 N–H and O–H groups in total. The second-order valence-corrected chi connectivity index (χ2v) is 6.69. The maximum Gasteiger partial charge on any atom is 0.0734 e. The number of fused-ring (bicyclic) bond motifs is 1. The first-order valence-corrected chi connectivity index (χ1v) is 8.49. The van der Waals surface area contributed by atoms with E-state index in [2.05, 4.69) is 29.6 Å². The molecule has 1 aromatic carbocycles. The molecule has 1 heterocycles. The minimum Gasteiger partial charge on any atom is -0.385 e. The molecular formula is C17H23NO2S. The molecule has 21 heavy (non-hydrogen) atoms. The normalized spacial score (nSPS) is 14.9. The van der Waals surface area contributed by atoms with Crippen molar-refractivity contribution < 1.29 is 9.47 Å². The van der Waals surface area contributed by atoms with Crippen molar-refractivity contribution in [2.45, 2.75) is 38.5 Å². The number of methoxy groups -OCH3 is 1. The van der Waals surface area contributed by atoms with E-state index in [4.69, 9.17) is 9.47 Å². The predicted molar refractivity (Wildman–Crippen MR) is 87.8 cm³/mol. The second-order valence-electron chi connectivity index (χ2n) is 5.55. The molecule has 0 unspecified atom stereocenters. The Kier molecular flexibility index (Phi) is 5.25. The maximum absolute atomic E-state index is 5.85. The van der Waals surface area contributed by atoms with Crippen molar-refractivity contribution in [3.05, 3.63) is 34.7 Å². The highest BCUT2D eigenvalue weighted by atomic mass is 32.1. The van der Waals surface area contributed by atoms with E-state index in [1.807, 2.05) is 11.3 Å². The molecule has 1 fully saturated rings. The van der Waals surface area contributed by atoms with Gasteiger partial charge in [0.1, 0.15) is 0 Å². The molecule has 0 radical (unpaired) electrons. The van der Waals surface area contributed by atoms with Gasteiger partial charge >= 0.3 is 0 Å². The highest BCUT2D eigenvalue weighted by molar-refractivity contribution is 7.19. The Morgan fingerprint density at radius 2 is 2.10 bits per heavy atom. The molecule has 0 aliphatic heterocycles. The average Bonchev–Trinajstić information content (AvgIpc) is 3.27. The molecule has 3 nitrogen and oxygen atoms in total. The molecule has 0 bridgehead atoms. The van der Waals surface area contributed by atoms with Crippen LogP contribution in [-0.4, -0.2) is 26.4 Å². The van der Waals surface area contributed by atoms with Gasteiger partial charge in [0.25, 0.3) is 0 Å². The topological polar surface area (TPSA) is 30.5 Å². The molecule has 0 amide bonds. The third-order valence-electron chi connectivity index (χ3n) is 3.79. The van der Waals surface area contributed by atoms with Crippen LogP contribution in [-0.2, 0) is 22.6 Å². The Labute approximate surface area is 130 Å². The van der Waals surface area contributed by atoms with Crippen molar-refractivity contribution in [1.29, 1.82) is 0 Å². The SMILES string of the molecule is COCCCOCc1c(CNC2CC2)sc2ccccc12. The Balaban J connectivity index is 1.68. The first-order valence-electron chi connectivity index (χ1n) is 7.68. The van der Waals surface area contributed by atoms with Gasteiger partial charge in [-0.15, -0.1) is 11.3 Å². The molecule has 3 rings (SSSR count). The van der Waals surface area contributed by atoms with Gasteiger partial charge < -0.3 is 14.8 Å². The van der Waals surface area contributed by atoms with Gasteiger partial charge in [-0.05, 0) is 30.7 Å². The summed E-state index contributed by atoms with van der Waals surface area (Å²) < 4.78 is 12.3. The average molecular weight is 305 g/mol. The van der Waals surface area contributed by atoms with Crippen molar-refractivity contribution in [1.82, 2.24) is 5.32 Å². The van der Waals surface area contributed by atoms with Crippen molar-refractivity contribution in [2.24, 2.45) is 0 Å². The van der Waals surface area contributed by atoms with Crippen LogP contribution in [0.4, 0.5) is 0 Å². The Morgan fingerprint density at radius 3 is 2.90 bits per heavy atom. The van der Waals surface area contributed by atoms with Crippen LogP contribution in [0.3, 0.4) is 0 Å². The summed E-state index contributed by atoms with van der Waals surface area (Å²) in [6.45, 7) is 3.20. The first kappa shape index (κ1) is 15.0. The van der Waals surface area contributed by atoms with Gasteiger partial charge in [-0.3, -0.25) is 0 Å². The monoisotopic (exact) mass is 305 g/mol. The lowest BCUT2D eigenvalue weighted by atomic mass is 10.1. The molecule has 0 spiro atoms. The van der Waals surface area contributed by atoms with Crippen LogP contribution in [0.15, 0.2) is 24.3 Å². The smallest absolute Gasteiger partial charge is 0.0734 e. The van der Waals surface area contributed by atoms with E-state index < -0.39 is 0 Å². The minimum atomic E-state index is 0.704. The summed E-state index contributed by atoms with van der Waals surface area (Å²) in [5.41, 5.74) is 1.36. The molecular weight excluding hydrogens is 282 g/mol. The van der Waals surface area contributed by atoms with Crippen LogP contribution in [0.2, 0.25) is 0 Å². The van der Waals surface area contributed by atoms with E-state index in [0.717, 1.165) is 32.2 Å². The minimum absolute atomic E-state index is 0.704. The number of rotatable bonds is 9. The van der Waals surface area contributed by atoms with Crippen LogP contribution in [0.1, 0.15) is 29.7 Å². The summed E-state index contributed by atoms with van der Waals surface area (Å²) in [4.78, 5) is 1.43. The van der Waals surface area contributed by atoms with E-state index in [-0.39, 0.29) is 0 Å². The molecule has 1 saturated carbocycles. The summed E-state index contributed by atoms with van der Waals surface area (Å²) in [7, 11) is 1.73. The summed E-state index contributed by atoms with van der Waals surface area (Å²) in [6.07, 6.45) is 3.61. The number of hydrogen-bond donors (Lipinski definition) is 1. The van der Waals surface area contributed by atoms with Crippen molar-refractivity contribution in [3.63, 3.8) is 0 Å². The number of benzene rings is 1. The van der Waals surface area contributed by atoms with E-state index in [9.17, 15) is 0 Å². The van der Waals surface area contributed by atoms with Crippen LogP contribution in [0.25, 0.3) is 10.1 Å². The van der Waals surface area contributed by atoms with Crippen LogP contribution >= 0.6 is 11.3 Å². The largest absolute Gasteiger partial charge is 0.385 e. The molecule has 2 aromatic rings. The fourth-order valence-electron chi connectivity index (χ4n) is 2.45. The molecule has 1 aromatic heterocycles. The standard InChI is InChI=1S/C17H23NO2S/c1-19-9-4-10-20-12-15-14-5-2-3-6-16(14)21-17(15)11-18-13-7-8-13/h2-3,5-6,13,18H,4,7-12H2,1H3. The molecule has 114 valence electrons. The van der Waals surface area contributed by atoms with Crippen LogP contribution < -0.4 is 5.32 Å². The van der Waals surface area contributed by atoms with Gasteiger partial charge in [0.2, 0.25) is 0 Å². The second kappa shape index (κ2) is 7.36. The van der Waals surface area contributed by atoms with Gasteiger partial charge in [-0.1, -0.05) is 18.2 Å². The Bertz CT molecular complexity index is 577. The number of nitrogens with one attached hydrogen (secondary N) is 1.